The van der Waals surface area contributed by atoms with Gasteiger partial charge in [-0.25, -0.2) is 4.98 Å². The van der Waals surface area contributed by atoms with E-state index in [4.69, 9.17) is 0 Å². The highest BCUT2D eigenvalue weighted by atomic mass is 32.1. The largest absolute Gasteiger partial charge is 0.321 e. The van der Waals surface area contributed by atoms with Crippen molar-refractivity contribution in [2.24, 2.45) is 7.05 Å². The first-order valence-corrected chi connectivity index (χ1v) is 7.88. The molecule has 3 aromatic rings. The standard InChI is InChI=1S/C15H15N5O2S/c1-3-13(21)19-15-18-10-8-9(4-5-12(10)23-15)17-14(22)11-6-7-16-20(11)2/h4-8H,3H2,1-2H3,(H,17,22)(H,18,19,21). The van der Waals surface area contributed by atoms with E-state index in [0.717, 1.165) is 10.2 Å². The van der Waals surface area contributed by atoms with E-state index >= 15 is 0 Å². The number of carbonyl (C=O) groups is 2. The Kier molecular flexibility index (Phi) is 4.07. The van der Waals surface area contributed by atoms with Gasteiger partial charge < -0.3 is 10.6 Å². The molecule has 0 radical (unpaired) electrons. The van der Waals surface area contributed by atoms with Gasteiger partial charge in [0.2, 0.25) is 5.91 Å². The van der Waals surface area contributed by atoms with Crippen LogP contribution >= 0.6 is 11.3 Å². The van der Waals surface area contributed by atoms with Gasteiger partial charge in [-0.2, -0.15) is 5.10 Å². The third-order valence-electron chi connectivity index (χ3n) is 3.27. The van der Waals surface area contributed by atoms with Crippen LogP contribution in [0.3, 0.4) is 0 Å². The van der Waals surface area contributed by atoms with Gasteiger partial charge in [0.25, 0.3) is 5.91 Å². The van der Waals surface area contributed by atoms with Gasteiger partial charge in [-0.3, -0.25) is 14.3 Å². The monoisotopic (exact) mass is 329 g/mol. The third kappa shape index (κ3) is 3.21. The van der Waals surface area contributed by atoms with Crippen LogP contribution in [0.25, 0.3) is 10.2 Å². The fraction of sp³-hybridized carbons (Fsp3) is 0.200. The highest BCUT2D eigenvalue weighted by Gasteiger charge is 2.12. The van der Waals surface area contributed by atoms with Crippen molar-refractivity contribution in [2.45, 2.75) is 13.3 Å². The Hall–Kier alpha value is -2.74. The van der Waals surface area contributed by atoms with Gasteiger partial charge in [0.05, 0.1) is 10.2 Å². The summed E-state index contributed by atoms with van der Waals surface area (Å²) in [6, 6.07) is 7.10. The van der Waals surface area contributed by atoms with Gasteiger partial charge in [0, 0.05) is 25.4 Å². The lowest BCUT2D eigenvalue weighted by Crippen LogP contribution is -2.15. The molecule has 0 aliphatic heterocycles. The Morgan fingerprint density at radius 2 is 2.09 bits per heavy atom. The fourth-order valence-corrected chi connectivity index (χ4v) is 2.92. The molecule has 1 aromatic carbocycles. The number of fused-ring (bicyclic) bond motifs is 1. The molecular weight excluding hydrogens is 314 g/mol. The van der Waals surface area contributed by atoms with Gasteiger partial charge in [-0.1, -0.05) is 18.3 Å². The van der Waals surface area contributed by atoms with E-state index in [-0.39, 0.29) is 11.8 Å². The lowest BCUT2D eigenvalue weighted by atomic mass is 10.3. The summed E-state index contributed by atoms with van der Waals surface area (Å²) in [6.45, 7) is 1.79. The molecule has 8 heteroatoms. The molecule has 0 aliphatic carbocycles. The fourth-order valence-electron chi connectivity index (χ4n) is 2.06. The van der Waals surface area contributed by atoms with Crippen molar-refractivity contribution in [2.75, 3.05) is 10.6 Å². The number of hydrogen-bond donors (Lipinski definition) is 2. The summed E-state index contributed by atoms with van der Waals surface area (Å²) in [5, 5.41) is 10.1. The second kappa shape index (κ2) is 6.17. The van der Waals surface area contributed by atoms with Gasteiger partial charge in [-0.05, 0) is 24.3 Å². The molecule has 23 heavy (non-hydrogen) atoms. The van der Waals surface area contributed by atoms with E-state index in [1.54, 1.807) is 38.4 Å². The number of hydrogen-bond acceptors (Lipinski definition) is 5. The molecule has 2 amide bonds. The molecule has 0 aliphatic rings. The summed E-state index contributed by atoms with van der Waals surface area (Å²) in [5.74, 6) is -0.312. The van der Waals surface area contributed by atoms with Crippen LogP contribution in [0.15, 0.2) is 30.5 Å². The summed E-state index contributed by atoms with van der Waals surface area (Å²) in [4.78, 5) is 28.0. The van der Waals surface area contributed by atoms with Crippen LogP contribution in [-0.2, 0) is 11.8 Å². The summed E-state index contributed by atoms with van der Waals surface area (Å²) in [5.41, 5.74) is 1.84. The average molecular weight is 329 g/mol. The molecular formula is C15H15N5O2S. The zero-order chi connectivity index (χ0) is 16.4. The van der Waals surface area contributed by atoms with E-state index in [0.29, 0.717) is 22.9 Å². The molecule has 0 atom stereocenters. The topological polar surface area (TPSA) is 88.9 Å². The molecule has 118 valence electrons. The summed E-state index contributed by atoms with van der Waals surface area (Å²) in [7, 11) is 1.71. The van der Waals surface area contributed by atoms with Crippen LogP contribution in [0, 0.1) is 0 Å². The van der Waals surface area contributed by atoms with Gasteiger partial charge >= 0.3 is 0 Å². The highest BCUT2D eigenvalue weighted by Crippen LogP contribution is 2.28. The van der Waals surface area contributed by atoms with Crippen molar-refractivity contribution in [1.82, 2.24) is 14.8 Å². The molecule has 2 heterocycles. The molecule has 0 saturated heterocycles. The maximum absolute atomic E-state index is 12.2. The Labute approximate surface area is 136 Å². The number of nitrogens with zero attached hydrogens (tertiary/aromatic N) is 3. The number of aryl methyl sites for hydroxylation is 1. The first-order chi connectivity index (χ1) is 11.1. The third-order valence-corrected chi connectivity index (χ3v) is 4.22. The second-order valence-electron chi connectivity index (χ2n) is 4.90. The number of nitrogens with one attached hydrogen (secondary N) is 2. The van der Waals surface area contributed by atoms with Crippen LogP contribution in [0.4, 0.5) is 10.8 Å². The van der Waals surface area contributed by atoms with E-state index < -0.39 is 0 Å². The zero-order valence-corrected chi connectivity index (χ0v) is 13.5. The molecule has 2 N–H and O–H groups in total. The average Bonchev–Trinajstić information content (AvgIpc) is 3.12. The molecule has 3 rings (SSSR count). The molecule has 0 saturated carbocycles. The zero-order valence-electron chi connectivity index (χ0n) is 12.7. The SMILES string of the molecule is CCC(=O)Nc1nc2cc(NC(=O)c3ccnn3C)ccc2s1. The van der Waals surface area contributed by atoms with Crippen molar-refractivity contribution in [1.29, 1.82) is 0 Å². The molecule has 0 bridgehead atoms. The molecule has 0 fully saturated rings. The Morgan fingerprint density at radius 3 is 2.78 bits per heavy atom. The first kappa shape index (κ1) is 15.2. The normalized spacial score (nSPS) is 10.7. The van der Waals surface area contributed by atoms with E-state index in [2.05, 4.69) is 20.7 Å². The summed E-state index contributed by atoms with van der Waals surface area (Å²) in [6.07, 6.45) is 1.98. The predicted octanol–water partition coefficient (Wildman–Crippen LogP) is 2.63. The predicted molar refractivity (Wildman–Crippen MR) is 89.7 cm³/mol. The lowest BCUT2D eigenvalue weighted by molar-refractivity contribution is -0.115. The molecule has 0 spiro atoms. The minimum atomic E-state index is -0.237. The van der Waals surface area contributed by atoms with Crippen molar-refractivity contribution in [3.8, 4) is 0 Å². The van der Waals surface area contributed by atoms with Crippen LogP contribution in [0.2, 0.25) is 0 Å². The highest BCUT2D eigenvalue weighted by molar-refractivity contribution is 7.22. The van der Waals surface area contributed by atoms with Crippen LogP contribution in [0.5, 0.6) is 0 Å². The maximum Gasteiger partial charge on any atom is 0.273 e. The van der Waals surface area contributed by atoms with Crippen LogP contribution < -0.4 is 10.6 Å². The minimum absolute atomic E-state index is 0.0752. The smallest absolute Gasteiger partial charge is 0.273 e. The summed E-state index contributed by atoms with van der Waals surface area (Å²) >= 11 is 1.40. The number of thiazole rings is 1. The van der Waals surface area contributed by atoms with E-state index in [9.17, 15) is 9.59 Å². The number of amides is 2. The second-order valence-corrected chi connectivity index (χ2v) is 5.93. The quantitative estimate of drug-likeness (QED) is 0.770. The van der Waals surface area contributed by atoms with Crippen molar-refractivity contribution < 1.29 is 9.59 Å². The minimum Gasteiger partial charge on any atom is -0.321 e. The Morgan fingerprint density at radius 1 is 1.26 bits per heavy atom. The molecule has 2 aromatic heterocycles. The van der Waals surface area contributed by atoms with Gasteiger partial charge in [0.15, 0.2) is 5.13 Å². The first-order valence-electron chi connectivity index (χ1n) is 7.06. The summed E-state index contributed by atoms with van der Waals surface area (Å²) < 4.78 is 2.45. The number of carbonyl (C=O) groups excluding carboxylic acids is 2. The van der Waals surface area contributed by atoms with E-state index in [1.807, 2.05) is 6.07 Å². The maximum atomic E-state index is 12.2. The van der Waals surface area contributed by atoms with Crippen LogP contribution in [-0.4, -0.2) is 26.6 Å². The van der Waals surface area contributed by atoms with E-state index in [1.165, 1.54) is 16.0 Å². The van der Waals surface area contributed by atoms with Gasteiger partial charge in [-0.15, -0.1) is 0 Å². The number of aromatic nitrogens is 3. The number of rotatable bonds is 4. The Balaban J connectivity index is 1.81. The van der Waals surface area contributed by atoms with Crippen LogP contribution in [0.1, 0.15) is 23.8 Å². The van der Waals surface area contributed by atoms with Crippen molar-refractivity contribution in [3.63, 3.8) is 0 Å². The molecule has 0 unspecified atom stereocenters. The Bertz CT molecular complexity index is 883. The lowest BCUT2D eigenvalue weighted by Gasteiger charge is -2.05. The number of benzene rings is 1. The van der Waals surface area contributed by atoms with Crippen molar-refractivity contribution in [3.05, 3.63) is 36.2 Å². The van der Waals surface area contributed by atoms with Gasteiger partial charge in [0.1, 0.15) is 5.69 Å². The number of anilines is 2. The van der Waals surface area contributed by atoms with Crippen molar-refractivity contribution >= 4 is 44.2 Å². The molecule has 7 nitrogen and oxygen atoms in total.